The molecule has 1 N–H and O–H groups in total. The molecule has 0 fully saturated rings. The third kappa shape index (κ3) is 4.55. The van der Waals surface area contributed by atoms with E-state index in [2.05, 4.69) is 21.5 Å². The number of nitrogens with one attached hydrogen (secondary N) is 1. The van der Waals surface area contributed by atoms with Crippen LogP contribution >= 0.6 is 9.24 Å². The van der Waals surface area contributed by atoms with Gasteiger partial charge < -0.3 is 5.32 Å². The van der Waals surface area contributed by atoms with Gasteiger partial charge in [-0.3, -0.25) is 0 Å². The minimum Gasteiger partial charge on any atom is -0.317 e. The Labute approximate surface area is 54.4 Å². The molecule has 8 heavy (non-hydrogen) atoms. The molecule has 0 aromatic rings. The Morgan fingerprint density at radius 2 is 2.25 bits per heavy atom. The van der Waals surface area contributed by atoms with E-state index < -0.39 is 0 Å². The van der Waals surface area contributed by atoms with Crippen LogP contribution in [-0.4, -0.2) is 19.3 Å². The number of hydrogen-bond donors (Lipinski definition) is 1. The molecular formula is C6H16NP. The van der Waals surface area contributed by atoms with Crippen molar-refractivity contribution in [2.45, 2.75) is 25.8 Å². The average molecular weight is 133 g/mol. The minimum atomic E-state index is 0.690. The maximum absolute atomic E-state index is 3.19. The first-order valence-electron chi connectivity index (χ1n) is 3.18. The first kappa shape index (κ1) is 8.39. The van der Waals surface area contributed by atoms with E-state index in [1.807, 2.05) is 7.05 Å². The molecule has 0 rings (SSSR count). The van der Waals surface area contributed by atoms with Crippen molar-refractivity contribution in [2.24, 2.45) is 0 Å². The van der Waals surface area contributed by atoms with Gasteiger partial charge >= 0.3 is 0 Å². The average Bonchev–Trinajstić information content (AvgIpc) is 1.83. The van der Waals surface area contributed by atoms with Crippen LogP contribution in [0.4, 0.5) is 0 Å². The van der Waals surface area contributed by atoms with Gasteiger partial charge in [0, 0.05) is 6.04 Å². The molecular weight excluding hydrogens is 117 g/mol. The van der Waals surface area contributed by atoms with Crippen molar-refractivity contribution >= 4 is 9.24 Å². The first-order chi connectivity index (χ1) is 3.81. The Balaban J connectivity index is 2.86. The number of rotatable bonds is 4. The van der Waals surface area contributed by atoms with Gasteiger partial charge in [0.05, 0.1) is 0 Å². The zero-order valence-electron chi connectivity index (χ0n) is 5.78. The van der Waals surface area contributed by atoms with Crippen LogP contribution in [0.25, 0.3) is 0 Å². The topological polar surface area (TPSA) is 12.0 Å². The Bertz CT molecular complexity index is 47.8. The molecule has 1 nitrogen and oxygen atoms in total. The van der Waals surface area contributed by atoms with E-state index >= 15 is 0 Å². The Morgan fingerprint density at radius 1 is 1.62 bits per heavy atom. The van der Waals surface area contributed by atoms with Gasteiger partial charge in [-0.25, -0.2) is 0 Å². The molecule has 0 saturated heterocycles. The molecule has 0 radical (unpaired) electrons. The Hall–Kier alpha value is 0.390. The molecule has 0 aliphatic rings. The summed E-state index contributed by atoms with van der Waals surface area (Å²) in [5.74, 6) is 0. The lowest BCUT2D eigenvalue weighted by Crippen LogP contribution is -2.20. The normalized spacial score (nSPS) is 13.9. The van der Waals surface area contributed by atoms with E-state index in [-0.39, 0.29) is 0 Å². The molecule has 0 aliphatic heterocycles. The van der Waals surface area contributed by atoms with Crippen LogP contribution in [0.15, 0.2) is 0 Å². The van der Waals surface area contributed by atoms with Crippen molar-refractivity contribution in [3.63, 3.8) is 0 Å². The molecule has 2 unspecified atom stereocenters. The summed E-state index contributed by atoms with van der Waals surface area (Å²) < 4.78 is 0. The van der Waals surface area contributed by atoms with Crippen LogP contribution in [0, 0.1) is 0 Å². The van der Waals surface area contributed by atoms with Gasteiger partial charge in [0.25, 0.3) is 0 Å². The fourth-order valence-electron chi connectivity index (χ4n) is 0.568. The van der Waals surface area contributed by atoms with Gasteiger partial charge in [-0.2, -0.15) is 0 Å². The highest BCUT2D eigenvalue weighted by atomic mass is 31.0. The van der Waals surface area contributed by atoms with Crippen molar-refractivity contribution in [3.8, 4) is 0 Å². The van der Waals surface area contributed by atoms with E-state index in [0.29, 0.717) is 6.04 Å². The third-order valence-electron chi connectivity index (χ3n) is 1.33. The maximum atomic E-state index is 3.19. The highest BCUT2D eigenvalue weighted by Crippen LogP contribution is 1.97. The van der Waals surface area contributed by atoms with Gasteiger partial charge in [0.15, 0.2) is 0 Å². The number of hydrogen-bond acceptors (Lipinski definition) is 1. The maximum Gasteiger partial charge on any atom is 0.00358 e. The lowest BCUT2D eigenvalue weighted by molar-refractivity contribution is 0.559. The SMILES string of the molecule is CNC(C)CCCP. The summed E-state index contributed by atoms with van der Waals surface area (Å²) in [7, 11) is 4.75. The Kier molecular flexibility index (Phi) is 5.79. The second-order valence-corrected chi connectivity index (χ2v) is 2.70. The van der Waals surface area contributed by atoms with Crippen LogP contribution in [0.3, 0.4) is 0 Å². The fourth-order valence-corrected chi connectivity index (χ4v) is 0.804. The van der Waals surface area contributed by atoms with Gasteiger partial charge in [-0.05, 0) is 33.0 Å². The van der Waals surface area contributed by atoms with Crippen molar-refractivity contribution in [1.29, 1.82) is 0 Å². The zero-order valence-corrected chi connectivity index (χ0v) is 6.93. The molecule has 0 aromatic heterocycles. The molecule has 0 amide bonds. The molecule has 50 valence electrons. The molecule has 0 spiro atoms. The second kappa shape index (κ2) is 5.53. The Morgan fingerprint density at radius 3 is 2.62 bits per heavy atom. The summed E-state index contributed by atoms with van der Waals surface area (Å²) in [6.45, 7) is 2.21. The lowest BCUT2D eigenvalue weighted by atomic mass is 10.2. The van der Waals surface area contributed by atoms with Crippen LogP contribution in [0.1, 0.15) is 19.8 Å². The van der Waals surface area contributed by atoms with Crippen molar-refractivity contribution in [2.75, 3.05) is 13.2 Å². The molecule has 0 aliphatic carbocycles. The first-order valence-corrected chi connectivity index (χ1v) is 4.00. The molecule has 0 saturated carbocycles. The second-order valence-electron chi connectivity index (χ2n) is 2.12. The van der Waals surface area contributed by atoms with E-state index in [0.717, 1.165) is 0 Å². The molecule has 0 bridgehead atoms. The predicted molar refractivity (Wildman–Crippen MR) is 42.3 cm³/mol. The fraction of sp³-hybridized carbons (Fsp3) is 1.00. The summed E-state index contributed by atoms with van der Waals surface area (Å²) in [6, 6.07) is 0.690. The summed E-state index contributed by atoms with van der Waals surface area (Å²) in [5.41, 5.74) is 0. The lowest BCUT2D eigenvalue weighted by Gasteiger charge is -2.06. The monoisotopic (exact) mass is 133 g/mol. The third-order valence-corrected chi connectivity index (χ3v) is 1.74. The molecule has 2 atom stereocenters. The summed E-state index contributed by atoms with van der Waals surface area (Å²) in [4.78, 5) is 0. The van der Waals surface area contributed by atoms with Crippen LogP contribution in [0.2, 0.25) is 0 Å². The van der Waals surface area contributed by atoms with Crippen LogP contribution in [0.5, 0.6) is 0 Å². The standard InChI is InChI=1S/C6H16NP/c1-6(7-2)4-3-5-8/h6-7H,3-5,8H2,1-2H3. The van der Waals surface area contributed by atoms with E-state index in [1.165, 1.54) is 19.0 Å². The zero-order chi connectivity index (χ0) is 6.41. The quantitative estimate of drug-likeness (QED) is 0.569. The van der Waals surface area contributed by atoms with Gasteiger partial charge in [-0.15, -0.1) is 9.24 Å². The molecule has 0 aromatic carbocycles. The summed E-state index contributed by atoms with van der Waals surface area (Å²) in [5, 5.41) is 3.19. The van der Waals surface area contributed by atoms with E-state index in [4.69, 9.17) is 0 Å². The van der Waals surface area contributed by atoms with E-state index in [9.17, 15) is 0 Å². The van der Waals surface area contributed by atoms with Crippen molar-refractivity contribution in [1.82, 2.24) is 5.32 Å². The largest absolute Gasteiger partial charge is 0.317 e. The van der Waals surface area contributed by atoms with E-state index in [1.54, 1.807) is 0 Å². The minimum absolute atomic E-state index is 0.690. The molecule has 0 heterocycles. The van der Waals surface area contributed by atoms with Gasteiger partial charge in [0.1, 0.15) is 0 Å². The molecule has 2 heteroatoms. The smallest absolute Gasteiger partial charge is 0.00358 e. The highest BCUT2D eigenvalue weighted by molar-refractivity contribution is 7.16. The van der Waals surface area contributed by atoms with Gasteiger partial charge in [-0.1, -0.05) is 0 Å². The highest BCUT2D eigenvalue weighted by Gasteiger charge is 1.93. The van der Waals surface area contributed by atoms with Gasteiger partial charge in [0.2, 0.25) is 0 Å². The van der Waals surface area contributed by atoms with Crippen LogP contribution in [-0.2, 0) is 0 Å². The van der Waals surface area contributed by atoms with Crippen molar-refractivity contribution < 1.29 is 0 Å². The summed E-state index contributed by atoms with van der Waals surface area (Å²) in [6.07, 6.45) is 3.83. The summed E-state index contributed by atoms with van der Waals surface area (Å²) >= 11 is 0. The van der Waals surface area contributed by atoms with Crippen LogP contribution < -0.4 is 5.32 Å². The van der Waals surface area contributed by atoms with Crippen molar-refractivity contribution in [3.05, 3.63) is 0 Å². The predicted octanol–water partition coefficient (Wildman–Crippen LogP) is 1.25.